The quantitative estimate of drug-likeness (QED) is 0.589. The van der Waals surface area contributed by atoms with Crippen LogP contribution in [0.3, 0.4) is 0 Å². The summed E-state index contributed by atoms with van der Waals surface area (Å²) in [6.45, 7) is 1.86. The molecular weight excluding hydrogens is 398 g/mol. The maximum absolute atomic E-state index is 12.5. The number of rotatable bonds is 5. The molecule has 28 heavy (non-hydrogen) atoms. The highest BCUT2D eigenvalue weighted by Gasteiger charge is 2.27. The predicted molar refractivity (Wildman–Crippen MR) is 109 cm³/mol. The van der Waals surface area contributed by atoms with Gasteiger partial charge in [0.05, 0.1) is 17.6 Å². The lowest BCUT2D eigenvalue weighted by Gasteiger charge is -2.08. The van der Waals surface area contributed by atoms with E-state index in [1.807, 2.05) is 6.92 Å². The Hall–Kier alpha value is -2.19. The number of sulfone groups is 1. The minimum atomic E-state index is -3.77. The number of amides is 1. The molecule has 0 unspecified atom stereocenters. The first-order valence-corrected chi connectivity index (χ1v) is 11.6. The highest BCUT2D eigenvalue weighted by Crippen LogP contribution is 2.38. The number of esters is 1. The number of carbonyl (C=O) groups excluding carboxylic acids is 2. The van der Waals surface area contributed by atoms with Gasteiger partial charge in [0.25, 0.3) is 0 Å². The van der Waals surface area contributed by atoms with Crippen LogP contribution < -0.4 is 5.32 Å². The minimum Gasteiger partial charge on any atom is -0.465 e. The molecule has 0 aliphatic heterocycles. The largest absolute Gasteiger partial charge is 0.465 e. The second-order valence-corrected chi connectivity index (χ2v) is 9.98. The lowest BCUT2D eigenvalue weighted by Crippen LogP contribution is -2.23. The van der Waals surface area contributed by atoms with Crippen molar-refractivity contribution in [2.75, 3.05) is 18.2 Å². The van der Waals surface area contributed by atoms with Gasteiger partial charge in [-0.05, 0) is 50.3 Å². The van der Waals surface area contributed by atoms with Crippen LogP contribution in [0.5, 0.6) is 0 Å². The summed E-state index contributed by atoms with van der Waals surface area (Å²) in [5.41, 5.74) is 2.22. The average molecular weight is 422 g/mol. The van der Waals surface area contributed by atoms with Crippen molar-refractivity contribution in [1.29, 1.82) is 0 Å². The van der Waals surface area contributed by atoms with E-state index < -0.39 is 27.5 Å². The van der Waals surface area contributed by atoms with Crippen molar-refractivity contribution in [3.63, 3.8) is 0 Å². The molecule has 1 N–H and O–H groups in total. The summed E-state index contributed by atoms with van der Waals surface area (Å²) < 4.78 is 29.9. The van der Waals surface area contributed by atoms with E-state index in [0.29, 0.717) is 10.6 Å². The van der Waals surface area contributed by atoms with Gasteiger partial charge in [0.2, 0.25) is 5.91 Å². The number of benzene rings is 1. The number of carbonyl (C=O) groups is 2. The van der Waals surface area contributed by atoms with Crippen LogP contribution in [0.15, 0.2) is 29.2 Å². The van der Waals surface area contributed by atoms with E-state index in [2.05, 4.69) is 5.32 Å². The molecule has 0 saturated heterocycles. The molecule has 1 aromatic heterocycles. The molecule has 3 rings (SSSR count). The Morgan fingerprint density at radius 2 is 1.79 bits per heavy atom. The molecule has 0 saturated carbocycles. The lowest BCUT2D eigenvalue weighted by atomic mass is 10.1. The summed E-state index contributed by atoms with van der Waals surface area (Å²) >= 11 is 1.34. The molecule has 1 heterocycles. The third kappa shape index (κ3) is 4.44. The number of aryl methyl sites for hydroxylation is 2. The van der Waals surface area contributed by atoms with Gasteiger partial charge in [-0.1, -0.05) is 24.1 Å². The maximum Gasteiger partial charge on any atom is 0.341 e. The third-order valence-corrected chi connectivity index (χ3v) is 7.60. The SMILES string of the molecule is COC(=O)c1c(NC(=O)CS(=O)(=O)c2ccc(C)cc2)sc2c1CCCCC2. The van der Waals surface area contributed by atoms with Gasteiger partial charge in [0.15, 0.2) is 9.84 Å². The number of hydrogen-bond acceptors (Lipinski definition) is 6. The zero-order valence-corrected chi connectivity index (χ0v) is 17.5. The summed E-state index contributed by atoms with van der Waals surface area (Å²) in [6, 6.07) is 6.36. The number of anilines is 1. The van der Waals surface area contributed by atoms with E-state index in [0.717, 1.165) is 48.1 Å². The van der Waals surface area contributed by atoms with Crippen LogP contribution in [0, 0.1) is 6.92 Å². The monoisotopic (exact) mass is 421 g/mol. The van der Waals surface area contributed by atoms with Crippen LogP contribution in [-0.4, -0.2) is 33.2 Å². The van der Waals surface area contributed by atoms with E-state index in [9.17, 15) is 18.0 Å². The molecule has 8 heteroatoms. The topological polar surface area (TPSA) is 89.5 Å². The van der Waals surface area contributed by atoms with Crippen LogP contribution in [0.2, 0.25) is 0 Å². The zero-order valence-electron chi connectivity index (χ0n) is 15.9. The second kappa shape index (κ2) is 8.45. The van der Waals surface area contributed by atoms with Crippen LogP contribution >= 0.6 is 11.3 Å². The molecule has 0 atom stereocenters. The molecule has 0 fully saturated rings. The predicted octanol–water partition coefficient (Wildman–Crippen LogP) is 3.52. The van der Waals surface area contributed by atoms with Gasteiger partial charge in [-0.3, -0.25) is 4.79 Å². The van der Waals surface area contributed by atoms with Crippen molar-refractivity contribution >= 4 is 38.1 Å². The molecule has 6 nitrogen and oxygen atoms in total. The first kappa shape index (κ1) is 20.5. The number of methoxy groups -OCH3 is 1. The van der Waals surface area contributed by atoms with Gasteiger partial charge in [-0.25, -0.2) is 13.2 Å². The van der Waals surface area contributed by atoms with E-state index in [1.165, 1.54) is 30.6 Å². The zero-order chi connectivity index (χ0) is 20.3. The average Bonchev–Trinajstić information content (AvgIpc) is 2.82. The van der Waals surface area contributed by atoms with Crippen molar-refractivity contribution in [2.24, 2.45) is 0 Å². The molecule has 0 bridgehead atoms. The van der Waals surface area contributed by atoms with Crippen molar-refractivity contribution in [2.45, 2.75) is 43.9 Å². The summed E-state index contributed by atoms with van der Waals surface area (Å²) in [6.07, 6.45) is 4.71. The van der Waals surface area contributed by atoms with E-state index in [-0.39, 0.29) is 4.90 Å². The van der Waals surface area contributed by atoms with Crippen LogP contribution in [0.25, 0.3) is 0 Å². The minimum absolute atomic E-state index is 0.100. The van der Waals surface area contributed by atoms with E-state index in [1.54, 1.807) is 12.1 Å². The van der Waals surface area contributed by atoms with Gasteiger partial charge in [0.1, 0.15) is 10.8 Å². The molecule has 1 aromatic carbocycles. The molecule has 1 amide bonds. The molecule has 0 radical (unpaired) electrons. The number of nitrogens with one attached hydrogen (secondary N) is 1. The summed E-state index contributed by atoms with van der Waals surface area (Å²) in [7, 11) is -2.46. The first-order valence-electron chi connectivity index (χ1n) is 9.14. The van der Waals surface area contributed by atoms with Gasteiger partial charge in [-0.2, -0.15) is 0 Å². The number of thiophene rings is 1. The third-order valence-electron chi connectivity index (χ3n) is 4.76. The van der Waals surface area contributed by atoms with Gasteiger partial charge in [-0.15, -0.1) is 11.3 Å². The number of fused-ring (bicyclic) bond motifs is 1. The van der Waals surface area contributed by atoms with Crippen molar-refractivity contribution in [3.8, 4) is 0 Å². The lowest BCUT2D eigenvalue weighted by molar-refractivity contribution is -0.113. The van der Waals surface area contributed by atoms with Crippen molar-refractivity contribution < 1.29 is 22.7 Å². The molecule has 2 aromatic rings. The smallest absolute Gasteiger partial charge is 0.341 e. The van der Waals surface area contributed by atoms with Gasteiger partial charge in [0, 0.05) is 4.88 Å². The van der Waals surface area contributed by atoms with Crippen molar-refractivity contribution in [1.82, 2.24) is 0 Å². The Morgan fingerprint density at radius 3 is 2.46 bits per heavy atom. The van der Waals surface area contributed by atoms with E-state index in [4.69, 9.17) is 4.74 Å². The van der Waals surface area contributed by atoms with Crippen LogP contribution in [0.1, 0.15) is 45.6 Å². The van der Waals surface area contributed by atoms with Gasteiger partial charge < -0.3 is 10.1 Å². The molecule has 1 aliphatic rings. The fraction of sp³-hybridized carbons (Fsp3) is 0.400. The van der Waals surface area contributed by atoms with Crippen LogP contribution in [-0.2, 0) is 32.2 Å². The summed E-state index contributed by atoms with van der Waals surface area (Å²) in [5.74, 6) is -1.85. The molecule has 150 valence electrons. The Balaban J connectivity index is 1.84. The standard InChI is InChI=1S/C20H23NO5S2/c1-13-8-10-14(11-9-13)28(24,25)12-17(22)21-19-18(20(23)26-2)15-6-4-3-5-7-16(15)27-19/h8-11H,3-7,12H2,1-2H3,(H,21,22). The Kier molecular flexibility index (Phi) is 6.20. The second-order valence-electron chi connectivity index (χ2n) is 6.88. The van der Waals surface area contributed by atoms with E-state index >= 15 is 0 Å². The Labute approximate surface area is 168 Å². The van der Waals surface area contributed by atoms with Crippen LogP contribution in [0.4, 0.5) is 5.00 Å². The maximum atomic E-state index is 12.5. The summed E-state index contributed by atoms with van der Waals surface area (Å²) in [4.78, 5) is 26.0. The Morgan fingerprint density at radius 1 is 1.11 bits per heavy atom. The number of hydrogen-bond donors (Lipinski definition) is 1. The highest BCUT2D eigenvalue weighted by atomic mass is 32.2. The molecule has 0 spiro atoms. The number of ether oxygens (including phenoxy) is 1. The summed E-state index contributed by atoms with van der Waals surface area (Å²) in [5, 5.41) is 3.02. The highest BCUT2D eigenvalue weighted by molar-refractivity contribution is 7.92. The molecule has 1 aliphatic carbocycles. The first-order chi connectivity index (χ1) is 13.3. The molecular formula is C20H23NO5S2. The normalized spacial score (nSPS) is 14.1. The van der Waals surface area contributed by atoms with Gasteiger partial charge >= 0.3 is 5.97 Å². The fourth-order valence-corrected chi connectivity index (χ4v) is 5.74. The fourth-order valence-electron chi connectivity index (χ4n) is 3.31. The van der Waals surface area contributed by atoms with Crippen molar-refractivity contribution in [3.05, 3.63) is 45.8 Å². The Bertz CT molecular complexity index is 990.